The van der Waals surface area contributed by atoms with Crippen LogP contribution < -0.4 is 5.32 Å². The van der Waals surface area contributed by atoms with E-state index in [-0.39, 0.29) is 6.04 Å². The molecule has 0 fully saturated rings. The maximum absolute atomic E-state index is 3.62. The zero-order valence-electron chi connectivity index (χ0n) is 10.0. The van der Waals surface area contributed by atoms with Gasteiger partial charge in [0, 0.05) is 9.85 Å². The van der Waals surface area contributed by atoms with Crippen LogP contribution in [0.2, 0.25) is 0 Å². The van der Waals surface area contributed by atoms with Gasteiger partial charge in [0.05, 0.1) is 6.04 Å². The van der Waals surface area contributed by atoms with Crippen molar-refractivity contribution >= 4 is 27.3 Å². The molecule has 1 unspecified atom stereocenters. The lowest BCUT2D eigenvalue weighted by Gasteiger charge is -2.19. The van der Waals surface area contributed by atoms with Crippen molar-refractivity contribution in [3.8, 4) is 0 Å². The molecule has 90 valence electrons. The summed E-state index contributed by atoms with van der Waals surface area (Å²) >= 11 is 5.35. The molecule has 17 heavy (non-hydrogen) atoms. The van der Waals surface area contributed by atoms with Crippen molar-refractivity contribution in [2.75, 3.05) is 7.05 Å². The molecule has 0 bridgehead atoms. The number of thiophene rings is 1. The first-order chi connectivity index (χ1) is 8.27. The van der Waals surface area contributed by atoms with Gasteiger partial charge in [-0.2, -0.15) is 11.3 Å². The molecule has 0 saturated heterocycles. The van der Waals surface area contributed by atoms with Crippen LogP contribution in [0.1, 0.15) is 29.7 Å². The topological polar surface area (TPSA) is 12.0 Å². The number of hydrogen-bond acceptors (Lipinski definition) is 2. The molecule has 0 aliphatic carbocycles. The van der Waals surface area contributed by atoms with Crippen LogP contribution in [-0.2, 0) is 6.42 Å². The molecule has 1 aromatic carbocycles. The molecule has 1 aromatic heterocycles. The van der Waals surface area contributed by atoms with Gasteiger partial charge in [-0.05, 0) is 51.5 Å². The van der Waals surface area contributed by atoms with E-state index in [1.54, 1.807) is 11.3 Å². The van der Waals surface area contributed by atoms with Crippen molar-refractivity contribution in [1.82, 2.24) is 5.32 Å². The molecule has 3 heteroatoms. The fraction of sp³-hybridized carbons (Fsp3) is 0.286. The zero-order valence-corrected chi connectivity index (χ0v) is 12.4. The maximum atomic E-state index is 3.62. The molecule has 0 aliphatic heterocycles. The molecule has 2 rings (SSSR count). The molecule has 1 nitrogen and oxygen atoms in total. The summed E-state index contributed by atoms with van der Waals surface area (Å²) < 4.78 is 1.19. The molecule has 0 aliphatic rings. The highest BCUT2D eigenvalue weighted by molar-refractivity contribution is 9.10. The van der Waals surface area contributed by atoms with Gasteiger partial charge in [0.1, 0.15) is 0 Å². The number of hydrogen-bond donors (Lipinski definition) is 1. The summed E-state index contributed by atoms with van der Waals surface area (Å²) in [4.78, 5) is 0. The van der Waals surface area contributed by atoms with Gasteiger partial charge in [0.2, 0.25) is 0 Å². The number of aryl methyl sites for hydroxylation is 1. The van der Waals surface area contributed by atoms with Gasteiger partial charge in [-0.1, -0.05) is 31.2 Å². The van der Waals surface area contributed by atoms with E-state index in [9.17, 15) is 0 Å². The van der Waals surface area contributed by atoms with Crippen molar-refractivity contribution in [3.05, 3.63) is 56.2 Å². The van der Waals surface area contributed by atoms with Gasteiger partial charge < -0.3 is 5.32 Å². The van der Waals surface area contributed by atoms with E-state index >= 15 is 0 Å². The minimum atomic E-state index is 0.270. The Morgan fingerprint density at radius 1 is 1.24 bits per heavy atom. The smallest absolute Gasteiger partial charge is 0.0596 e. The number of halogens is 1. The normalized spacial score (nSPS) is 12.6. The Balaban J connectivity index is 2.46. The summed E-state index contributed by atoms with van der Waals surface area (Å²) in [6.07, 6.45) is 1.07. The Bertz CT molecular complexity index is 492. The average molecular weight is 310 g/mol. The van der Waals surface area contributed by atoms with Gasteiger partial charge in [-0.25, -0.2) is 0 Å². The van der Waals surface area contributed by atoms with Gasteiger partial charge in [0.15, 0.2) is 0 Å². The van der Waals surface area contributed by atoms with Gasteiger partial charge in [-0.3, -0.25) is 0 Å². The Kier molecular flexibility index (Phi) is 4.37. The van der Waals surface area contributed by atoms with Crippen LogP contribution in [0.4, 0.5) is 0 Å². The molecule has 0 saturated carbocycles. The summed E-state index contributed by atoms with van der Waals surface area (Å²) in [5.74, 6) is 0. The highest BCUT2D eigenvalue weighted by Gasteiger charge is 2.17. The molecule has 0 amide bonds. The second-order valence-electron chi connectivity index (χ2n) is 3.95. The maximum Gasteiger partial charge on any atom is 0.0596 e. The number of nitrogens with one attached hydrogen (secondary N) is 1. The van der Waals surface area contributed by atoms with E-state index in [4.69, 9.17) is 0 Å². The number of rotatable bonds is 4. The monoisotopic (exact) mass is 309 g/mol. The molecule has 1 heterocycles. The van der Waals surface area contributed by atoms with Crippen molar-refractivity contribution < 1.29 is 0 Å². The zero-order chi connectivity index (χ0) is 12.3. The molecular weight excluding hydrogens is 294 g/mol. The van der Waals surface area contributed by atoms with E-state index in [0.717, 1.165) is 6.42 Å². The third-order valence-electron chi connectivity index (χ3n) is 2.99. The minimum absolute atomic E-state index is 0.270. The summed E-state index contributed by atoms with van der Waals surface area (Å²) in [7, 11) is 2.02. The third-order valence-corrected chi connectivity index (χ3v) is 4.74. The highest BCUT2D eigenvalue weighted by atomic mass is 79.9. The largest absolute Gasteiger partial charge is 0.309 e. The lowest BCUT2D eigenvalue weighted by atomic mass is 9.95. The standard InChI is InChI=1S/C14H16BrNS/c1-3-10-6-4-5-7-11(10)14(16-2)12-8-17-9-13(12)15/h4-9,14,16H,3H2,1-2H3. The Morgan fingerprint density at radius 3 is 2.59 bits per heavy atom. The molecular formula is C14H16BrNS. The summed E-state index contributed by atoms with van der Waals surface area (Å²) in [5.41, 5.74) is 4.10. The van der Waals surface area contributed by atoms with Crippen LogP contribution in [0.3, 0.4) is 0 Å². The van der Waals surface area contributed by atoms with E-state index in [1.165, 1.54) is 21.2 Å². The fourth-order valence-corrected chi connectivity index (χ4v) is 3.67. The van der Waals surface area contributed by atoms with Crippen molar-refractivity contribution in [2.45, 2.75) is 19.4 Å². The Hall–Kier alpha value is -0.640. The first kappa shape index (κ1) is 12.8. The molecule has 1 atom stereocenters. The van der Waals surface area contributed by atoms with Crippen LogP contribution >= 0.6 is 27.3 Å². The predicted octanol–water partition coefficient (Wildman–Crippen LogP) is 4.38. The van der Waals surface area contributed by atoms with E-state index in [2.05, 4.69) is 63.2 Å². The Morgan fingerprint density at radius 2 is 2.00 bits per heavy atom. The minimum Gasteiger partial charge on any atom is -0.309 e. The van der Waals surface area contributed by atoms with E-state index < -0.39 is 0 Å². The lowest BCUT2D eigenvalue weighted by Crippen LogP contribution is -2.18. The van der Waals surface area contributed by atoms with E-state index in [1.807, 2.05) is 7.05 Å². The summed E-state index contributed by atoms with van der Waals surface area (Å²) in [6.45, 7) is 2.20. The van der Waals surface area contributed by atoms with Gasteiger partial charge >= 0.3 is 0 Å². The Labute approximate surface area is 115 Å². The second-order valence-corrected chi connectivity index (χ2v) is 5.55. The molecule has 1 N–H and O–H groups in total. The number of benzene rings is 1. The molecule has 0 radical (unpaired) electrons. The first-order valence-corrected chi connectivity index (χ1v) is 7.48. The first-order valence-electron chi connectivity index (χ1n) is 5.74. The van der Waals surface area contributed by atoms with Crippen molar-refractivity contribution in [3.63, 3.8) is 0 Å². The molecule has 0 spiro atoms. The second kappa shape index (κ2) is 5.80. The summed E-state index contributed by atoms with van der Waals surface area (Å²) in [5, 5.41) is 7.75. The van der Waals surface area contributed by atoms with Gasteiger partial charge in [0.25, 0.3) is 0 Å². The quantitative estimate of drug-likeness (QED) is 0.883. The van der Waals surface area contributed by atoms with Gasteiger partial charge in [-0.15, -0.1) is 0 Å². The lowest BCUT2D eigenvalue weighted by molar-refractivity contribution is 0.684. The van der Waals surface area contributed by atoms with E-state index in [0.29, 0.717) is 0 Å². The predicted molar refractivity (Wildman–Crippen MR) is 78.7 cm³/mol. The van der Waals surface area contributed by atoms with Crippen LogP contribution in [0.25, 0.3) is 0 Å². The van der Waals surface area contributed by atoms with Crippen LogP contribution in [0, 0.1) is 0 Å². The SMILES string of the molecule is CCc1ccccc1C(NC)c1cscc1Br. The summed E-state index contributed by atoms with van der Waals surface area (Å²) in [6, 6.07) is 8.91. The molecule has 2 aromatic rings. The fourth-order valence-electron chi connectivity index (χ4n) is 2.11. The van der Waals surface area contributed by atoms with Crippen LogP contribution in [-0.4, -0.2) is 7.05 Å². The van der Waals surface area contributed by atoms with Crippen LogP contribution in [0.5, 0.6) is 0 Å². The highest BCUT2D eigenvalue weighted by Crippen LogP contribution is 2.32. The third kappa shape index (κ3) is 2.62. The average Bonchev–Trinajstić information content (AvgIpc) is 2.78. The van der Waals surface area contributed by atoms with Crippen molar-refractivity contribution in [2.24, 2.45) is 0 Å². The van der Waals surface area contributed by atoms with Crippen molar-refractivity contribution in [1.29, 1.82) is 0 Å². The van der Waals surface area contributed by atoms with Crippen LogP contribution in [0.15, 0.2) is 39.5 Å².